The van der Waals surface area contributed by atoms with Gasteiger partial charge in [-0.15, -0.1) is 0 Å². The van der Waals surface area contributed by atoms with Crippen molar-refractivity contribution in [2.75, 3.05) is 20.1 Å². The molecule has 0 radical (unpaired) electrons. The Balaban J connectivity index is 2.37. The van der Waals surface area contributed by atoms with Crippen LogP contribution in [0.4, 0.5) is 0 Å². The summed E-state index contributed by atoms with van der Waals surface area (Å²) >= 11 is 0. The summed E-state index contributed by atoms with van der Waals surface area (Å²) in [6.07, 6.45) is 3.44. The van der Waals surface area contributed by atoms with Gasteiger partial charge in [0.1, 0.15) is 6.04 Å². The van der Waals surface area contributed by atoms with Gasteiger partial charge in [-0.3, -0.25) is 9.48 Å². The first kappa shape index (κ1) is 10.7. The molecule has 1 rings (SSSR count). The summed E-state index contributed by atoms with van der Waals surface area (Å²) in [5.74, 6) is -0.0102. The number of carbonyl (C=O) groups excluding carboxylic acids is 1. The summed E-state index contributed by atoms with van der Waals surface area (Å²) in [6, 6.07) is 1.55. The van der Waals surface area contributed by atoms with Crippen molar-refractivity contribution in [3.63, 3.8) is 0 Å². The Kier molecular flexibility index (Phi) is 4.12. The van der Waals surface area contributed by atoms with Crippen LogP contribution in [0, 0.1) is 0 Å². The molecular formula is C9H16N4O. The zero-order chi connectivity index (χ0) is 10.4. The Morgan fingerprint density at radius 2 is 2.36 bits per heavy atom. The quantitative estimate of drug-likeness (QED) is 0.640. The van der Waals surface area contributed by atoms with E-state index in [9.17, 15) is 4.79 Å². The number of rotatable bonds is 5. The zero-order valence-electron chi connectivity index (χ0n) is 8.53. The molecule has 14 heavy (non-hydrogen) atoms. The van der Waals surface area contributed by atoms with Crippen molar-refractivity contribution in [3.8, 4) is 0 Å². The highest BCUT2D eigenvalue weighted by molar-refractivity contribution is 5.79. The number of carbonyl (C=O) groups is 1. The van der Waals surface area contributed by atoms with Crippen molar-refractivity contribution in [3.05, 3.63) is 18.5 Å². The van der Waals surface area contributed by atoms with Crippen molar-refractivity contribution in [1.82, 2.24) is 20.4 Å². The van der Waals surface area contributed by atoms with E-state index in [0.29, 0.717) is 6.54 Å². The van der Waals surface area contributed by atoms with E-state index in [4.69, 9.17) is 0 Å². The van der Waals surface area contributed by atoms with E-state index in [1.54, 1.807) is 23.1 Å². The van der Waals surface area contributed by atoms with Gasteiger partial charge in [-0.05, 0) is 20.0 Å². The number of aromatic nitrogens is 2. The maximum atomic E-state index is 11.5. The lowest BCUT2D eigenvalue weighted by atomic mass is 10.3. The summed E-state index contributed by atoms with van der Waals surface area (Å²) < 4.78 is 1.63. The third-order valence-electron chi connectivity index (χ3n) is 1.98. The van der Waals surface area contributed by atoms with Gasteiger partial charge in [0.25, 0.3) is 0 Å². The summed E-state index contributed by atoms with van der Waals surface area (Å²) in [6.45, 7) is 3.24. The standard InChI is InChI=1S/C9H16N4O/c1-8(13-7-3-4-12-13)9(14)11-6-5-10-2/h3-4,7-8,10H,5-6H2,1-2H3,(H,11,14). The maximum absolute atomic E-state index is 11.5. The number of nitrogens with one attached hydrogen (secondary N) is 2. The molecule has 1 aromatic heterocycles. The van der Waals surface area contributed by atoms with Gasteiger partial charge in [-0.1, -0.05) is 0 Å². The topological polar surface area (TPSA) is 58.9 Å². The predicted molar refractivity (Wildman–Crippen MR) is 53.9 cm³/mol. The second-order valence-electron chi connectivity index (χ2n) is 3.06. The predicted octanol–water partition coefficient (Wildman–Crippen LogP) is -0.220. The van der Waals surface area contributed by atoms with Gasteiger partial charge in [0.15, 0.2) is 0 Å². The highest BCUT2D eigenvalue weighted by atomic mass is 16.2. The van der Waals surface area contributed by atoms with Crippen LogP contribution in [0.3, 0.4) is 0 Å². The molecule has 0 aliphatic carbocycles. The van der Waals surface area contributed by atoms with Crippen LogP contribution < -0.4 is 10.6 Å². The van der Waals surface area contributed by atoms with Gasteiger partial charge in [0, 0.05) is 25.5 Å². The normalized spacial score (nSPS) is 12.4. The van der Waals surface area contributed by atoms with Crippen LogP contribution in [-0.2, 0) is 4.79 Å². The van der Waals surface area contributed by atoms with Gasteiger partial charge in [0.05, 0.1) is 0 Å². The fourth-order valence-electron chi connectivity index (χ4n) is 1.09. The van der Waals surface area contributed by atoms with Crippen molar-refractivity contribution >= 4 is 5.91 Å². The molecule has 0 fully saturated rings. The smallest absolute Gasteiger partial charge is 0.244 e. The lowest BCUT2D eigenvalue weighted by Gasteiger charge is -2.12. The fraction of sp³-hybridized carbons (Fsp3) is 0.556. The molecule has 1 heterocycles. The van der Waals surface area contributed by atoms with Crippen molar-refractivity contribution in [1.29, 1.82) is 0 Å². The van der Waals surface area contributed by atoms with Crippen LogP contribution in [0.25, 0.3) is 0 Å². The van der Waals surface area contributed by atoms with E-state index in [-0.39, 0.29) is 11.9 Å². The second-order valence-corrected chi connectivity index (χ2v) is 3.06. The van der Waals surface area contributed by atoms with E-state index in [1.807, 2.05) is 14.0 Å². The minimum atomic E-state index is -0.248. The lowest BCUT2D eigenvalue weighted by Crippen LogP contribution is -2.35. The number of nitrogens with zero attached hydrogens (tertiary/aromatic N) is 2. The number of hydrogen-bond acceptors (Lipinski definition) is 3. The number of hydrogen-bond donors (Lipinski definition) is 2. The van der Waals surface area contributed by atoms with Crippen LogP contribution in [0.2, 0.25) is 0 Å². The van der Waals surface area contributed by atoms with E-state index in [1.165, 1.54) is 0 Å². The summed E-state index contributed by atoms with van der Waals surface area (Å²) in [7, 11) is 1.85. The molecule has 0 aliphatic heterocycles. The second kappa shape index (κ2) is 5.39. The molecule has 0 bridgehead atoms. The fourth-order valence-corrected chi connectivity index (χ4v) is 1.09. The molecular weight excluding hydrogens is 180 g/mol. The Hall–Kier alpha value is -1.36. The molecule has 5 nitrogen and oxygen atoms in total. The monoisotopic (exact) mass is 196 g/mol. The van der Waals surface area contributed by atoms with Crippen molar-refractivity contribution < 1.29 is 4.79 Å². The first-order valence-electron chi connectivity index (χ1n) is 4.67. The molecule has 5 heteroatoms. The molecule has 0 aliphatic rings. The number of amides is 1. The van der Waals surface area contributed by atoms with Gasteiger partial charge < -0.3 is 10.6 Å². The third kappa shape index (κ3) is 2.85. The first-order valence-corrected chi connectivity index (χ1v) is 4.67. The summed E-state index contributed by atoms with van der Waals surface area (Å²) in [5, 5.41) is 9.77. The summed E-state index contributed by atoms with van der Waals surface area (Å²) in [5.41, 5.74) is 0. The summed E-state index contributed by atoms with van der Waals surface area (Å²) in [4.78, 5) is 11.5. The molecule has 0 saturated heterocycles. The Morgan fingerprint density at radius 3 is 2.93 bits per heavy atom. The first-order chi connectivity index (χ1) is 6.75. The Labute approximate surface area is 83.5 Å². The molecule has 1 amide bonds. The van der Waals surface area contributed by atoms with Gasteiger partial charge >= 0.3 is 0 Å². The highest BCUT2D eigenvalue weighted by Gasteiger charge is 2.13. The van der Waals surface area contributed by atoms with E-state index < -0.39 is 0 Å². The SMILES string of the molecule is CNCCNC(=O)C(C)n1cccn1. The molecule has 0 aromatic carbocycles. The molecule has 1 unspecified atom stereocenters. The van der Waals surface area contributed by atoms with Crippen molar-refractivity contribution in [2.45, 2.75) is 13.0 Å². The molecule has 0 saturated carbocycles. The largest absolute Gasteiger partial charge is 0.353 e. The third-order valence-corrected chi connectivity index (χ3v) is 1.98. The van der Waals surface area contributed by atoms with Crippen LogP contribution >= 0.6 is 0 Å². The molecule has 78 valence electrons. The molecule has 1 atom stereocenters. The van der Waals surface area contributed by atoms with Crippen LogP contribution in [0.1, 0.15) is 13.0 Å². The molecule has 1 aromatic rings. The molecule has 0 spiro atoms. The zero-order valence-corrected chi connectivity index (χ0v) is 8.53. The van der Waals surface area contributed by atoms with Gasteiger partial charge in [-0.2, -0.15) is 5.10 Å². The van der Waals surface area contributed by atoms with Crippen LogP contribution in [-0.4, -0.2) is 35.8 Å². The Bertz CT molecular complexity index is 270. The van der Waals surface area contributed by atoms with Gasteiger partial charge in [0.2, 0.25) is 5.91 Å². The van der Waals surface area contributed by atoms with E-state index >= 15 is 0 Å². The van der Waals surface area contributed by atoms with E-state index in [2.05, 4.69) is 15.7 Å². The van der Waals surface area contributed by atoms with Crippen molar-refractivity contribution in [2.24, 2.45) is 0 Å². The minimum absolute atomic E-state index is 0.0102. The van der Waals surface area contributed by atoms with E-state index in [0.717, 1.165) is 6.54 Å². The highest BCUT2D eigenvalue weighted by Crippen LogP contribution is 2.01. The average Bonchev–Trinajstić information content (AvgIpc) is 2.69. The number of likely N-dealkylation sites (N-methyl/N-ethyl adjacent to an activating group) is 1. The lowest BCUT2D eigenvalue weighted by molar-refractivity contribution is -0.124. The average molecular weight is 196 g/mol. The minimum Gasteiger partial charge on any atom is -0.353 e. The van der Waals surface area contributed by atoms with Gasteiger partial charge in [-0.25, -0.2) is 0 Å². The maximum Gasteiger partial charge on any atom is 0.244 e. The Morgan fingerprint density at radius 1 is 1.57 bits per heavy atom. The van der Waals surface area contributed by atoms with Crippen LogP contribution in [0.15, 0.2) is 18.5 Å². The van der Waals surface area contributed by atoms with Crippen LogP contribution in [0.5, 0.6) is 0 Å². The molecule has 2 N–H and O–H groups in total.